The van der Waals surface area contributed by atoms with Crippen LogP contribution in [0.25, 0.3) is 0 Å². The summed E-state index contributed by atoms with van der Waals surface area (Å²) >= 11 is 0. The van der Waals surface area contributed by atoms with Crippen LogP contribution in [-0.2, 0) is 11.2 Å². The fraction of sp³-hybridized carbons (Fsp3) is 0.333. The summed E-state index contributed by atoms with van der Waals surface area (Å²) in [6, 6.07) is 13.2. The lowest BCUT2D eigenvalue weighted by molar-refractivity contribution is -0.116. The number of anilines is 1. The molecule has 1 fully saturated rings. The van der Waals surface area contributed by atoms with Gasteiger partial charge in [-0.3, -0.25) is 9.59 Å². The van der Waals surface area contributed by atoms with E-state index in [4.69, 9.17) is 0 Å². The minimum absolute atomic E-state index is 0.0545. The predicted octanol–water partition coefficient (Wildman–Crippen LogP) is 4.02. The molecule has 0 aliphatic carbocycles. The van der Waals surface area contributed by atoms with Crippen molar-refractivity contribution < 1.29 is 14.0 Å². The van der Waals surface area contributed by atoms with Gasteiger partial charge in [0.25, 0.3) is 5.91 Å². The minimum Gasteiger partial charge on any atom is -0.339 e. The summed E-state index contributed by atoms with van der Waals surface area (Å²) in [5, 5.41) is 2.83. The highest BCUT2D eigenvalue weighted by Gasteiger charge is 2.17. The Morgan fingerprint density at radius 3 is 2.23 bits per heavy atom. The van der Waals surface area contributed by atoms with Crippen LogP contribution in [0, 0.1) is 5.82 Å². The van der Waals surface area contributed by atoms with Crippen LogP contribution in [0.3, 0.4) is 0 Å². The van der Waals surface area contributed by atoms with E-state index in [0.717, 1.165) is 31.5 Å². The van der Waals surface area contributed by atoms with E-state index in [1.165, 1.54) is 18.6 Å². The van der Waals surface area contributed by atoms with Crippen molar-refractivity contribution in [2.45, 2.75) is 32.1 Å². The van der Waals surface area contributed by atoms with Crippen molar-refractivity contribution in [1.29, 1.82) is 0 Å². The van der Waals surface area contributed by atoms with Crippen LogP contribution in [-0.4, -0.2) is 29.8 Å². The quantitative estimate of drug-likeness (QED) is 0.881. The van der Waals surface area contributed by atoms with Gasteiger partial charge in [0, 0.05) is 30.8 Å². The van der Waals surface area contributed by atoms with Crippen LogP contribution < -0.4 is 5.32 Å². The number of amides is 2. The lowest BCUT2D eigenvalue weighted by Crippen LogP contribution is -2.35. The van der Waals surface area contributed by atoms with E-state index in [1.807, 2.05) is 4.90 Å². The van der Waals surface area contributed by atoms with Gasteiger partial charge >= 0.3 is 0 Å². The third-order valence-electron chi connectivity index (χ3n) is 4.61. The number of carbonyl (C=O) groups is 2. The number of rotatable bonds is 5. The summed E-state index contributed by atoms with van der Waals surface area (Å²) in [5.74, 6) is -0.333. The number of carbonyl (C=O) groups excluding carboxylic acids is 2. The first-order valence-corrected chi connectivity index (χ1v) is 9.05. The molecule has 136 valence electrons. The van der Waals surface area contributed by atoms with Crippen molar-refractivity contribution in [2.24, 2.45) is 0 Å². The molecule has 0 atom stereocenters. The van der Waals surface area contributed by atoms with Gasteiger partial charge in [-0.1, -0.05) is 12.1 Å². The van der Waals surface area contributed by atoms with E-state index in [-0.39, 0.29) is 17.6 Å². The molecule has 3 rings (SSSR count). The first-order chi connectivity index (χ1) is 12.6. The number of nitrogens with zero attached hydrogens (tertiary/aromatic N) is 1. The zero-order valence-electron chi connectivity index (χ0n) is 14.7. The van der Waals surface area contributed by atoms with Crippen LogP contribution in [0.2, 0.25) is 0 Å². The number of aryl methyl sites for hydroxylation is 1. The van der Waals surface area contributed by atoms with Gasteiger partial charge in [0.15, 0.2) is 0 Å². The fourth-order valence-corrected chi connectivity index (χ4v) is 3.11. The number of piperidine rings is 1. The molecule has 26 heavy (non-hydrogen) atoms. The van der Waals surface area contributed by atoms with E-state index < -0.39 is 0 Å². The highest BCUT2D eigenvalue weighted by atomic mass is 19.1. The Balaban J connectivity index is 1.50. The maximum atomic E-state index is 12.9. The van der Waals surface area contributed by atoms with Gasteiger partial charge in [-0.15, -0.1) is 0 Å². The normalized spacial score (nSPS) is 14.1. The second-order valence-corrected chi connectivity index (χ2v) is 6.60. The molecule has 1 aliphatic heterocycles. The topological polar surface area (TPSA) is 49.4 Å². The molecule has 2 amide bonds. The molecule has 5 heteroatoms. The van der Waals surface area contributed by atoms with Gasteiger partial charge in [0.1, 0.15) is 5.82 Å². The molecule has 4 nitrogen and oxygen atoms in total. The molecule has 0 bridgehead atoms. The third kappa shape index (κ3) is 4.91. The van der Waals surface area contributed by atoms with Gasteiger partial charge in [0.05, 0.1) is 0 Å². The van der Waals surface area contributed by atoms with E-state index in [0.29, 0.717) is 24.1 Å². The molecule has 1 saturated heterocycles. The first-order valence-electron chi connectivity index (χ1n) is 9.05. The first kappa shape index (κ1) is 18.1. The van der Waals surface area contributed by atoms with Gasteiger partial charge in [-0.2, -0.15) is 0 Å². The fourth-order valence-electron chi connectivity index (χ4n) is 3.11. The average molecular weight is 354 g/mol. The smallest absolute Gasteiger partial charge is 0.253 e. The Morgan fingerprint density at radius 1 is 0.923 bits per heavy atom. The molecule has 0 saturated carbocycles. The van der Waals surface area contributed by atoms with Crippen molar-refractivity contribution in [2.75, 3.05) is 18.4 Å². The summed E-state index contributed by atoms with van der Waals surface area (Å²) in [6.45, 7) is 1.64. The molecule has 0 spiro atoms. The molecular weight excluding hydrogens is 331 g/mol. The average Bonchev–Trinajstić information content (AvgIpc) is 2.68. The summed E-state index contributed by atoms with van der Waals surface area (Å²) < 4.78 is 12.9. The number of hydrogen-bond acceptors (Lipinski definition) is 2. The third-order valence-corrected chi connectivity index (χ3v) is 4.61. The van der Waals surface area contributed by atoms with E-state index >= 15 is 0 Å². The van der Waals surface area contributed by atoms with Crippen LogP contribution in [0.5, 0.6) is 0 Å². The number of hydrogen-bond donors (Lipinski definition) is 1. The predicted molar refractivity (Wildman–Crippen MR) is 99.5 cm³/mol. The monoisotopic (exact) mass is 354 g/mol. The summed E-state index contributed by atoms with van der Waals surface area (Å²) in [6.07, 6.45) is 4.19. The number of nitrogens with one attached hydrogen (secondary N) is 1. The Morgan fingerprint density at radius 2 is 1.58 bits per heavy atom. The maximum Gasteiger partial charge on any atom is 0.253 e. The molecular formula is C21H23FN2O2. The molecule has 2 aromatic rings. The van der Waals surface area contributed by atoms with Gasteiger partial charge in [-0.25, -0.2) is 4.39 Å². The Bertz CT molecular complexity index is 751. The largest absolute Gasteiger partial charge is 0.339 e. The van der Waals surface area contributed by atoms with Crippen molar-refractivity contribution in [3.63, 3.8) is 0 Å². The van der Waals surface area contributed by atoms with Crippen molar-refractivity contribution in [3.8, 4) is 0 Å². The van der Waals surface area contributed by atoms with Gasteiger partial charge < -0.3 is 10.2 Å². The van der Waals surface area contributed by atoms with E-state index in [9.17, 15) is 14.0 Å². The summed E-state index contributed by atoms with van der Waals surface area (Å²) in [5.41, 5.74) is 2.24. The number of benzene rings is 2. The standard InChI is InChI=1S/C21H23FN2O2/c22-18-9-4-16(5-10-18)6-13-20(25)23-19-11-7-17(8-12-19)21(26)24-14-2-1-3-15-24/h4-5,7-12H,1-3,6,13-15H2,(H,23,25). The molecule has 1 N–H and O–H groups in total. The van der Waals surface area contributed by atoms with Crippen LogP contribution in [0.4, 0.5) is 10.1 Å². The molecule has 0 aromatic heterocycles. The van der Waals surface area contributed by atoms with Crippen LogP contribution in [0.1, 0.15) is 41.6 Å². The van der Waals surface area contributed by atoms with E-state index in [1.54, 1.807) is 36.4 Å². The highest BCUT2D eigenvalue weighted by molar-refractivity contribution is 5.95. The zero-order chi connectivity index (χ0) is 18.4. The second-order valence-electron chi connectivity index (χ2n) is 6.60. The highest BCUT2D eigenvalue weighted by Crippen LogP contribution is 2.16. The second kappa shape index (κ2) is 8.61. The van der Waals surface area contributed by atoms with Crippen molar-refractivity contribution in [3.05, 3.63) is 65.5 Å². The summed E-state index contributed by atoms with van der Waals surface area (Å²) in [7, 11) is 0. The van der Waals surface area contributed by atoms with Gasteiger partial charge in [0.2, 0.25) is 5.91 Å². The molecule has 2 aromatic carbocycles. The van der Waals surface area contributed by atoms with Crippen LogP contribution >= 0.6 is 0 Å². The van der Waals surface area contributed by atoms with Gasteiger partial charge in [-0.05, 0) is 67.6 Å². The van der Waals surface area contributed by atoms with E-state index in [2.05, 4.69) is 5.32 Å². The molecule has 0 unspecified atom stereocenters. The zero-order valence-corrected chi connectivity index (χ0v) is 14.7. The van der Waals surface area contributed by atoms with Crippen LogP contribution in [0.15, 0.2) is 48.5 Å². The Kier molecular flexibility index (Phi) is 6.00. The number of likely N-dealkylation sites (tertiary alicyclic amines) is 1. The lowest BCUT2D eigenvalue weighted by Gasteiger charge is -2.26. The Labute approximate surface area is 153 Å². The molecule has 1 heterocycles. The van der Waals surface area contributed by atoms with Crippen molar-refractivity contribution in [1.82, 2.24) is 4.90 Å². The maximum absolute atomic E-state index is 12.9. The Hall–Kier alpha value is -2.69. The molecule has 0 radical (unpaired) electrons. The number of halogens is 1. The minimum atomic E-state index is -0.280. The van der Waals surface area contributed by atoms with Crippen molar-refractivity contribution >= 4 is 17.5 Å². The summed E-state index contributed by atoms with van der Waals surface area (Å²) in [4.78, 5) is 26.4. The molecule has 1 aliphatic rings. The lowest BCUT2D eigenvalue weighted by atomic mass is 10.1. The SMILES string of the molecule is O=C(CCc1ccc(F)cc1)Nc1ccc(C(=O)N2CCCCC2)cc1.